The normalized spacial score (nSPS) is 11.0. The van der Waals surface area contributed by atoms with E-state index < -0.39 is 5.97 Å². The third kappa shape index (κ3) is 3.96. The lowest BCUT2D eigenvalue weighted by Crippen LogP contribution is -2.04. The van der Waals surface area contributed by atoms with Gasteiger partial charge in [0.2, 0.25) is 0 Å². The number of aryl methyl sites for hydroxylation is 1. The van der Waals surface area contributed by atoms with Gasteiger partial charge in [-0.3, -0.25) is 0 Å². The third-order valence-electron chi connectivity index (χ3n) is 2.19. The van der Waals surface area contributed by atoms with Gasteiger partial charge in [-0.25, -0.2) is 9.78 Å². The van der Waals surface area contributed by atoms with E-state index in [4.69, 9.17) is 39.5 Å². The van der Waals surface area contributed by atoms with Crippen LogP contribution in [0, 0.1) is 6.92 Å². The van der Waals surface area contributed by atoms with Gasteiger partial charge in [-0.15, -0.1) is 11.3 Å². The molecule has 0 aliphatic heterocycles. The zero-order valence-electron chi connectivity index (χ0n) is 10.2. The number of ether oxygens (including phenoxy) is 1. The maximum Gasteiger partial charge on any atom is 0.336 e. The van der Waals surface area contributed by atoms with E-state index in [9.17, 15) is 4.79 Å². The third-order valence-corrected chi connectivity index (χ3v) is 3.76. The van der Waals surface area contributed by atoms with Crippen molar-refractivity contribution in [3.63, 3.8) is 0 Å². The first-order valence-corrected chi connectivity index (χ1v) is 7.43. The van der Waals surface area contributed by atoms with Gasteiger partial charge in [0, 0.05) is 16.5 Å². The fourth-order valence-electron chi connectivity index (χ4n) is 1.37. The van der Waals surface area contributed by atoms with Crippen LogP contribution in [0.2, 0.25) is 15.1 Å². The second-order valence-electron chi connectivity index (χ2n) is 3.74. The van der Waals surface area contributed by atoms with E-state index in [-0.39, 0.29) is 15.8 Å². The van der Waals surface area contributed by atoms with Crippen LogP contribution in [-0.4, -0.2) is 11.0 Å². The number of carbonyl (C=O) groups excluding carboxylic acids is 1. The first-order chi connectivity index (χ1) is 9.45. The first kappa shape index (κ1) is 15.3. The van der Waals surface area contributed by atoms with E-state index in [1.54, 1.807) is 6.08 Å². The molecule has 2 rings (SSSR count). The zero-order valence-corrected chi connectivity index (χ0v) is 13.3. The summed E-state index contributed by atoms with van der Waals surface area (Å²) in [6, 6.07) is 2.90. The highest BCUT2D eigenvalue weighted by atomic mass is 35.5. The molecule has 7 heteroatoms. The van der Waals surface area contributed by atoms with E-state index in [1.165, 1.54) is 29.5 Å². The standard InChI is InChI=1S/C13H8Cl3NO2S/c1-7-17-9(6-20-7)2-3-12(18)19-13-10(15)4-8(14)5-11(13)16/h2-6H,1H3/b3-2+. The molecule has 20 heavy (non-hydrogen) atoms. The minimum atomic E-state index is -0.596. The number of esters is 1. The molecular formula is C13H8Cl3NO2S. The number of benzene rings is 1. The quantitative estimate of drug-likeness (QED) is 0.443. The second kappa shape index (κ2) is 6.59. The van der Waals surface area contributed by atoms with Gasteiger partial charge in [-0.05, 0) is 25.1 Å². The average Bonchev–Trinajstić information content (AvgIpc) is 2.77. The molecule has 0 fully saturated rings. The molecule has 0 spiro atoms. The van der Waals surface area contributed by atoms with Crippen LogP contribution in [0.25, 0.3) is 6.08 Å². The Bertz CT molecular complexity index is 659. The molecule has 0 N–H and O–H groups in total. The maximum absolute atomic E-state index is 11.7. The number of thiazole rings is 1. The van der Waals surface area contributed by atoms with Crippen molar-refractivity contribution in [1.82, 2.24) is 4.98 Å². The Hall–Kier alpha value is -1.07. The Labute approximate surface area is 134 Å². The number of hydrogen-bond acceptors (Lipinski definition) is 4. The van der Waals surface area contributed by atoms with Crippen molar-refractivity contribution < 1.29 is 9.53 Å². The first-order valence-electron chi connectivity index (χ1n) is 5.42. The molecule has 1 aromatic heterocycles. The van der Waals surface area contributed by atoms with Gasteiger partial charge in [0.25, 0.3) is 0 Å². The largest absolute Gasteiger partial charge is 0.420 e. The lowest BCUT2D eigenvalue weighted by Gasteiger charge is -2.06. The molecule has 1 aromatic carbocycles. The van der Waals surface area contributed by atoms with E-state index in [0.29, 0.717) is 10.7 Å². The predicted octanol–water partition coefficient (Wildman–Crippen LogP) is 5.03. The molecule has 0 saturated carbocycles. The summed E-state index contributed by atoms with van der Waals surface area (Å²) in [5, 5.41) is 3.47. The SMILES string of the molecule is Cc1nc(/C=C/C(=O)Oc2c(Cl)cc(Cl)cc2Cl)cs1. The number of halogens is 3. The molecule has 0 unspecified atom stereocenters. The summed E-state index contributed by atoms with van der Waals surface area (Å²) in [4.78, 5) is 15.9. The smallest absolute Gasteiger partial charge is 0.336 e. The molecule has 2 aromatic rings. The van der Waals surface area contributed by atoms with E-state index in [0.717, 1.165) is 5.01 Å². The highest BCUT2D eigenvalue weighted by Gasteiger charge is 2.12. The summed E-state index contributed by atoms with van der Waals surface area (Å²) < 4.78 is 5.09. The molecule has 0 aliphatic carbocycles. The fraction of sp³-hybridized carbons (Fsp3) is 0.0769. The molecule has 104 valence electrons. The van der Waals surface area contributed by atoms with Crippen LogP contribution in [-0.2, 0) is 4.79 Å². The summed E-state index contributed by atoms with van der Waals surface area (Å²) in [7, 11) is 0. The molecule has 0 atom stereocenters. The summed E-state index contributed by atoms with van der Waals surface area (Å²) in [6.07, 6.45) is 2.82. The molecule has 3 nitrogen and oxygen atoms in total. The Morgan fingerprint density at radius 1 is 1.30 bits per heavy atom. The molecule has 0 aliphatic rings. The van der Waals surface area contributed by atoms with E-state index in [2.05, 4.69) is 4.98 Å². The van der Waals surface area contributed by atoms with Gasteiger partial charge in [0.05, 0.1) is 20.7 Å². The topological polar surface area (TPSA) is 39.2 Å². The number of aromatic nitrogens is 1. The second-order valence-corrected chi connectivity index (χ2v) is 6.06. The summed E-state index contributed by atoms with van der Waals surface area (Å²) in [5.41, 5.74) is 0.692. The maximum atomic E-state index is 11.7. The van der Waals surface area contributed by atoms with Crippen LogP contribution < -0.4 is 4.74 Å². The van der Waals surface area contributed by atoms with Gasteiger partial charge in [-0.1, -0.05) is 34.8 Å². The Morgan fingerprint density at radius 3 is 2.50 bits per heavy atom. The Balaban J connectivity index is 2.10. The number of rotatable bonds is 3. The average molecular weight is 349 g/mol. The predicted molar refractivity (Wildman–Crippen MR) is 83.0 cm³/mol. The summed E-state index contributed by atoms with van der Waals surface area (Å²) >= 11 is 19.1. The monoisotopic (exact) mass is 347 g/mol. The van der Waals surface area contributed by atoms with E-state index >= 15 is 0 Å². The van der Waals surface area contributed by atoms with Crippen molar-refractivity contribution in [2.75, 3.05) is 0 Å². The van der Waals surface area contributed by atoms with E-state index in [1.807, 2.05) is 12.3 Å². The minimum absolute atomic E-state index is 0.0850. The number of hydrogen-bond donors (Lipinski definition) is 0. The zero-order chi connectivity index (χ0) is 14.7. The lowest BCUT2D eigenvalue weighted by molar-refractivity contribution is -0.128. The van der Waals surface area contributed by atoms with Crippen LogP contribution in [0.3, 0.4) is 0 Å². The number of nitrogens with zero attached hydrogens (tertiary/aromatic N) is 1. The fourth-order valence-corrected chi connectivity index (χ4v) is 2.85. The lowest BCUT2D eigenvalue weighted by atomic mass is 10.3. The van der Waals surface area contributed by atoms with Gasteiger partial charge < -0.3 is 4.74 Å². The van der Waals surface area contributed by atoms with Crippen LogP contribution in [0.4, 0.5) is 0 Å². The Morgan fingerprint density at radius 2 is 1.95 bits per heavy atom. The van der Waals surface area contributed by atoms with Crippen LogP contribution in [0.5, 0.6) is 5.75 Å². The molecular weight excluding hydrogens is 341 g/mol. The highest BCUT2D eigenvalue weighted by Crippen LogP contribution is 2.35. The summed E-state index contributed by atoms with van der Waals surface area (Å²) in [6.45, 7) is 1.88. The molecule has 0 radical (unpaired) electrons. The van der Waals surface area contributed by atoms with Crippen LogP contribution in [0.1, 0.15) is 10.7 Å². The van der Waals surface area contributed by atoms with Gasteiger partial charge in [0.1, 0.15) is 0 Å². The van der Waals surface area contributed by atoms with Crippen molar-refractivity contribution in [3.05, 3.63) is 49.4 Å². The van der Waals surface area contributed by atoms with Gasteiger partial charge in [0.15, 0.2) is 5.75 Å². The van der Waals surface area contributed by atoms with Crippen LogP contribution in [0.15, 0.2) is 23.6 Å². The summed E-state index contributed by atoms with van der Waals surface area (Å²) in [5.74, 6) is -0.511. The molecule has 0 saturated heterocycles. The molecule has 0 amide bonds. The number of carbonyl (C=O) groups is 1. The van der Waals surface area contributed by atoms with Crippen molar-refractivity contribution in [1.29, 1.82) is 0 Å². The van der Waals surface area contributed by atoms with Crippen molar-refractivity contribution in [2.24, 2.45) is 0 Å². The van der Waals surface area contributed by atoms with Gasteiger partial charge in [-0.2, -0.15) is 0 Å². The van der Waals surface area contributed by atoms with Crippen molar-refractivity contribution in [2.45, 2.75) is 6.92 Å². The minimum Gasteiger partial charge on any atom is -0.420 e. The van der Waals surface area contributed by atoms with Crippen LogP contribution >= 0.6 is 46.1 Å². The Kier molecular flexibility index (Phi) is 5.05. The van der Waals surface area contributed by atoms with Gasteiger partial charge >= 0.3 is 5.97 Å². The van der Waals surface area contributed by atoms with Crippen molar-refractivity contribution in [3.8, 4) is 5.75 Å². The molecule has 1 heterocycles. The highest BCUT2D eigenvalue weighted by molar-refractivity contribution is 7.09. The molecule has 0 bridgehead atoms. The van der Waals surface area contributed by atoms with Crippen molar-refractivity contribution >= 4 is 58.2 Å².